The average molecular weight is 471 g/mol. The lowest BCUT2D eigenvalue weighted by Crippen LogP contribution is -2.49. The van der Waals surface area contributed by atoms with Crippen molar-refractivity contribution in [3.05, 3.63) is 58.6 Å². The molecule has 0 amide bonds. The number of hydrogen-bond donors (Lipinski definition) is 1. The molecule has 158 valence electrons. The van der Waals surface area contributed by atoms with Crippen molar-refractivity contribution in [3.8, 4) is 5.75 Å². The van der Waals surface area contributed by atoms with Gasteiger partial charge in [0.05, 0.1) is 19.3 Å². The van der Waals surface area contributed by atoms with Crippen LogP contribution in [-0.4, -0.2) is 68.7 Å². The predicted octanol–water partition coefficient (Wildman–Crippen LogP) is 3.31. The maximum absolute atomic E-state index is 13.7. The first-order valence-electron chi connectivity index (χ1n) is 9.58. The predicted molar refractivity (Wildman–Crippen MR) is 111 cm³/mol. The number of rotatable bonds is 9. The van der Waals surface area contributed by atoms with E-state index >= 15 is 0 Å². The number of β-amino-alcohol motifs (C(OH)–C–C–N with tert-alkyl or cyclic N) is 1. The Labute approximate surface area is 178 Å². The van der Waals surface area contributed by atoms with E-state index in [9.17, 15) is 13.9 Å². The second-order valence-electron chi connectivity index (χ2n) is 6.90. The summed E-state index contributed by atoms with van der Waals surface area (Å²) in [6.45, 7) is 4.37. The van der Waals surface area contributed by atoms with Crippen LogP contribution in [-0.2, 0) is 4.74 Å². The van der Waals surface area contributed by atoms with Crippen LogP contribution in [0.25, 0.3) is 0 Å². The largest absolute Gasteiger partial charge is 0.485 e. The van der Waals surface area contributed by atoms with Gasteiger partial charge in [0, 0.05) is 42.9 Å². The van der Waals surface area contributed by atoms with Crippen molar-refractivity contribution in [3.63, 3.8) is 0 Å². The highest BCUT2D eigenvalue weighted by atomic mass is 79.9. The van der Waals surface area contributed by atoms with Crippen LogP contribution < -0.4 is 9.64 Å². The summed E-state index contributed by atoms with van der Waals surface area (Å²) in [4.78, 5) is 4.54. The second-order valence-corrected chi connectivity index (χ2v) is 7.81. The minimum atomic E-state index is -0.772. The van der Waals surface area contributed by atoms with E-state index in [-0.39, 0.29) is 19.8 Å². The average Bonchev–Trinajstić information content (AvgIpc) is 2.70. The van der Waals surface area contributed by atoms with Gasteiger partial charge < -0.3 is 19.5 Å². The third-order valence-corrected chi connectivity index (χ3v) is 5.17. The lowest BCUT2D eigenvalue weighted by atomic mass is 10.2. The van der Waals surface area contributed by atoms with Crippen LogP contribution in [0.15, 0.2) is 46.9 Å². The molecule has 3 rings (SSSR count). The van der Waals surface area contributed by atoms with Gasteiger partial charge >= 0.3 is 0 Å². The minimum absolute atomic E-state index is 0.00204. The van der Waals surface area contributed by atoms with Gasteiger partial charge in [0.2, 0.25) is 0 Å². The molecular formula is C21H25BrF2N2O3. The second kappa shape index (κ2) is 10.9. The van der Waals surface area contributed by atoms with E-state index in [0.717, 1.165) is 38.3 Å². The summed E-state index contributed by atoms with van der Waals surface area (Å²) in [5, 5.41) is 10.2. The third-order valence-electron chi connectivity index (χ3n) is 4.71. The zero-order valence-electron chi connectivity index (χ0n) is 16.1. The summed E-state index contributed by atoms with van der Waals surface area (Å²) in [6.07, 6.45) is -0.626. The van der Waals surface area contributed by atoms with Gasteiger partial charge in [-0.05, 0) is 24.3 Å². The Morgan fingerprint density at radius 2 is 1.66 bits per heavy atom. The van der Waals surface area contributed by atoms with Crippen molar-refractivity contribution in [2.45, 2.75) is 6.10 Å². The lowest BCUT2D eigenvalue weighted by molar-refractivity contribution is 0.00655. The first-order valence-corrected chi connectivity index (χ1v) is 10.4. The number of halogens is 3. The summed E-state index contributed by atoms with van der Waals surface area (Å²) >= 11 is 3.02. The number of nitrogens with zero attached hydrogens (tertiary/aromatic N) is 2. The molecule has 1 saturated heterocycles. The number of para-hydroxylation sites is 1. The highest BCUT2D eigenvalue weighted by Gasteiger charge is 2.19. The molecule has 1 unspecified atom stereocenters. The number of hydrogen-bond acceptors (Lipinski definition) is 5. The van der Waals surface area contributed by atoms with Crippen LogP contribution in [0.3, 0.4) is 0 Å². The number of aliphatic hydroxyl groups excluding tert-OH is 1. The maximum Gasteiger partial charge on any atom is 0.190 e. The summed E-state index contributed by atoms with van der Waals surface area (Å²) in [5.41, 5.74) is 1.22. The number of anilines is 1. The smallest absolute Gasteiger partial charge is 0.190 e. The van der Waals surface area contributed by atoms with Gasteiger partial charge in [-0.25, -0.2) is 8.78 Å². The molecule has 1 N–H and O–H groups in total. The molecule has 0 aromatic heterocycles. The molecule has 1 fully saturated rings. The molecule has 1 aliphatic heterocycles. The van der Waals surface area contributed by atoms with E-state index in [2.05, 4.69) is 37.9 Å². The maximum atomic E-state index is 13.7. The molecule has 1 heterocycles. The SMILES string of the molecule is OC(COCCOc1c(F)cc(Br)cc1F)CN1CCN(c2ccccc2)CC1. The monoisotopic (exact) mass is 470 g/mol. The zero-order chi connectivity index (χ0) is 20.6. The fourth-order valence-corrected chi connectivity index (χ4v) is 3.67. The molecule has 8 heteroatoms. The topological polar surface area (TPSA) is 45.2 Å². The molecule has 2 aromatic carbocycles. The number of aliphatic hydroxyl groups is 1. The zero-order valence-corrected chi connectivity index (χ0v) is 17.7. The van der Waals surface area contributed by atoms with Crippen molar-refractivity contribution in [2.24, 2.45) is 0 Å². The Morgan fingerprint density at radius 3 is 2.31 bits per heavy atom. The number of benzene rings is 2. The van der Waals surface area contributed by atoms with Crippen molar-refractivity contribution in [2.75, 3.05) is 57.4 Å². The van der Waals surface area contributed by atoms with Gasteiger partial charge in [0.25, 0.3) is 0 Å². The summed E-state index contributed by atoms with van der Waals surface area (Å²) < 4.78 is 38.1. The van der Waals surface area contributed by atoms with Gasteiger partial charge in [0.1, 0.15) is 6.61 Å². The van der Waals surface area contributed by atoms with Crippen LogP contribution in [0.1, 0.15) is 0 Å². The fraction of sp³-hybridized carbons (Fsp3) is 0.429. The van der Waals surface area contributed by atoms with Crippen molar-refractivity contribution >= 4 is 21.6 Å². The van der Waals surface area contributed by atoms with E-state index in [1.54, 1.807) is 0 Å². The Kier molecular flexibility index (Phi) is 8.23. The summed E-state index contributed by atoms with van der Waals surface area (Å²) in [7, 11) is 0. The van der Waals surface area contributed by atoms with Gasteiger partial charge in [-0.15, -0.1) is 0 Å². The highest BCUT2D eigenvalue weighted by Crippen LogP contribution is 2.25. The number of ether oxygens (including phenoxy) is 2. The molecule has 0 aliphatic carbocycles. The van der Waals surface area contributed by atoms with Gasteiger partial charge in [-0.3, -0.25) is 4.90 Å². The Balaban J connectivity index is 1.30. The van der Waals surface area contributed by atoms with Crippen molar-refractivity contribution in [1.29, 1.82) is 0 Å². The Hall–Kier alpha value is -1.74. The Bertz CT molecular complexity index is 751. The number of piperazine rings is 1. The molecule has 5 nitrogen and oxygen atoms in total. The molecule has 1 atom stereocenters. The van der Waals surface area contributed by atoms with Crippen LogP contribution >= 0.6 is 15.9 Å². The standard InChI is InChI=1S/C21H25BrF2N2O3/c22-16-12-19(23)21(20(24)13-16)29-11-10-28-15-18(27)14-25-6-8-26(9-7-25)17-4-2-1-3-5-17/h1-5,12-13,18,27H,6-11,14-15H2. The Morgan fingerprint density at radius 1 is 1.00 bits per heavy atom. The third kappa shape index (κ3) is 6.64. The molecule has 0 spiro atoms. The van der Waals surface area contributed by atoms with Gasteiger partial charge in [-0.2, -0.15) is 0 Å². The van der Waals surface area contributed by atoms with Gasteiger partial charge in [0.15, 0.2) is 17.4 Å². The molecule has 0 bridgehead atoms. The summed E-state index contributed by atoms with van der Waals surface area (Å²) in [6, 6.07) is 12.6. The van der Waals surface area contributed by atoms with Crippen molar-refractivity contribution in [1.82, 2.24) is 4.90 Å². The fourth-order valence-electron chi connectivity index (χ4n) is 3.27. The summed E-state index contributed by atoms with van der Waals surface area (Å²) in [5.74, 6) is -1.97. The molecular weight excluding hydrogens is 446 g/mol. The van der Waals surface area contributed by atoms with Gasteiger partial charge in [-0.1, -0.05) is 34.1 Å². The molecule has 0 radical (unpaired) electrons. The van der Waals surface area contributed by atoms with Crippen LogP contribution in [0.4, 0.5) is 14.5 Å². The van der Waals surface area contributed by atoms with E-state index in [1.807, 2.05) is 18.2 Å². The van der Waals surface area contributed by atoms with Crippen molar-refractivity contribution < 1.29 is 23.4 Å². The normalized spacial score (nSPS) is 16.1. The van der Waals surface area contributed by atoms with E-state index < -0.39 is 23.5 Å². The van der Waals surface area contributed by atoms with Crippen LogP contribution in [0.2, 0.25) is 0 Å². The molecule has 1 aliphatic rings. The molecule has 29 heavy (non-hydrogen) atoms. The first-order chi connectivity index (χ1) is 14.0. The van der Waals surface area contributed by atoms with Crippen LogP contribution in [0.5, 0.6) is 5.75 Å². The minimum Gasteiger partial charge on any atom is -0.485 e. The molecule has 2 aromatic rings. The highest BCUT2D eigenvalue weighted by molar-refractivity contribution is 9.10. The molecule has 0 saturated carbocycles. The van der Waals surface area contributed by atoms with E-state index in [1.165, 1.54) is 5.69 Å². The van der Waals surface area contributed by atoms with E-state index in [0.29, 0.717) is 11.0 Å². The van der Waals surface area contributed by atoms with E-state index in [4.69, 9.17) is 9.47 Å². The first kappa shape index (κ1) is 22.0. The van der Waals surface area contributed by atoms with Crippen LogP contribution in [0, 0.1) is 11.6 Å². The lowest BCUT2D eigenvalue weighted by Gasteiger charge is -2.36. The quantitative estimate of drug-likeness (QED) is 0.569.